The molecule has 5 heteroatoms. The van der Waals surface area contributed by atoms with Crippen LogP contribution in [-0.4, -0.2) is 4.98 Å². The monoisotopic (exact) mass is 710 g/mol. The van der Waals surface area contributed by atoms with Crippen LogP contribution in [-0.2, 0) is 0 Å². The van der Waals surface area contributed by atoms with E-state index in [0.29, 0.717) is 5.89 Å². The van der Waals surface area contributed by atoms with Crippen LogP contribution in [0.2, 0.25) is 0 Å². The molecule has 0 atom stereocenters. The Kier molecular flexibility index (Phi) is 7.00. The zero-order chi connectivity index (χ0) is 35.6. The lowest BCUT2D eigenvalue weighted by Gasteiger charge is -2.26. The minimum Gasteiger partial charge on any atom is -0.456 e. The van der Waals surface area contributed by atoms with Crippen LogP contribution in [0, 0.1) is 0 Å². The summed E-state index contributed by atoms with van der Waals surface area (Å²) in [6.45, 7) is 0. The van der Waals surface area contributed by atoms with Gasteiger partial charge in [0.25, 0.3) is 0 Å². The number of thiophene rings is 1. The number of oxazole rings is 1. The first kappa shape index (κ1) is 30.7. The molecule has 0 bridgehead atoms. The number of hydrogen-bond donors (Lipinski definition) is 0. The largest absolute Gasteiger partial charge is 0.456 e. The molecule has 0 saturated heterocycles. The van der Waals surface area contributed by atoms with E-state index in [1.54, 1.807) is 0 Å². The lowest BCUT2D eigenvalue weighted by molar-refractivity contribution is 0.619. The Morgan fingerprint density at radius 3 is 1.72 bits per heavy atom. The number of benzene rings is 8. The van der Waals surface area contributed by atoms with Gasteiger partial charge < -0.3 is 13.7 Å². The van der Waals surface area contributed by atoms with Gasteiger partial charge in [-0.2, -0.15) is 0 Å². The number of aromatic nitrogens is 1. The van der Waals surface area contributed by atoms with Crippen LogP contribution in [0.15, 0.2) is 191 Å². The van der Waals surface area contributed by atoms with Crippen molar-refractivity contribution in [1.82, 2.24) is 4.98 Å². The quantitative estimate of drug-likeness (QED) is 0.172. The second-order valence-corrected chi connectivity index (χ2v) is 14.6. The summed E-state index contributed by atoms with van der Waals surface area (Å²) in [6, 6.07) is 64.1. The third-order valence-corrected chi connectivity index (χ3v) is 11.5. The van der Waals surface area contributed by atoms with Crippen molar-refractivity contribution in [3.8, 4) is 33.7 Å². The van der Waals surface area contributed by atoms with Crippen molar-refractivity contribution in [2.45, 2.75) is 0 Å². The van der Waals surface area contributed by atoms with E-state index < -0.39 is 0 Å². The van der Waals surface area contributed by atoms with E-state index in [1.807, 2.05) is 53.8 Å². The maximum Gasteiger partial charge on any atom is 0.227 e. The maximum atomic E-state index is 6.31. The molecule has 3 heterocycles. The fourth-order valence-electron chi connectivity index (χ4n) is 7.67. The van der Waals surface area contributed by atoms with E-state index in [1.165, 1.54) is 31.3 Å². The van der Waals surface area contributed by atoms with Gasteiger partial charge in [0, 0.05) is 48.2 Å². The molecule has 8 aromatic carbocycles. The summed E-state index contributed by atoms with van der Waals surface area (Å²) in [6.07, 6.45) is 0. The molecule has 0 unspecified atom stereocenters. The molecule has 54 heavy (non-hydrogen) atoms. The van der Waals surface area contributed by atoms with Gasteiger partial charge in [0.15, 0.2) is 5.58 Å². The number of rotatable bonds is 6. The van der Waals surface area contributed by atoms with E-state index >= 15 is 0 Å². The Morgan fingerprint density at radius 1 is 0.389 bits per heavy atom. The van der Waals surface area contributed by atoms with Gasteiger partial charge >= 0.3 is 0 Å². The maximum absolute atomic E-state index is 6.31. The molecular formula is C49H30N2O2S. The van der Waals surface area contributed by atoms with Crippen LogP contribution < -0.4 is 4.90 Å². The Morgan fingerprint density at radius 2 is 0.963 bits per heavy atom. The van der Waals surface area contributed by atoms with E-state index in [2.05, 4.69) is 144 Å². The Labute approximate surface area is 314 Å². The standard InChI is InChI=1S/C49H30N2O2S/c1-3-9-31(10-4-1)32-15-20-36(21-16-32)51(38-24-25-40-39-13-7-8-14-45(39)54-46(40)30-38)37-22-17-33(18-23-37)35-19-26-42-41(29-35)47-43(52-42)27-28-44-48(47)50-49(53-44)34-11-5-2-6-12-34/h1-30H. The fourth-order valence-corrected chi connectivity index (χ4v) is 8.81. The predicted molar refractivity (Wildman–Crippen MR) is 225 cm³/mol. The van der Waals surface area contributed by atoms with Crippen LogP contribution in [0.1, 0.15) is 0 Å². The van der Waals surface area contributed by atoms with E-state index in [9.17, 15) is 0 Å². The van der Waals surface area contributed by atoms with Crippen LogP contribution in [0.3, 0.4) is 0 Å². The summed E-state index contributed by atoms with van der Waals surface area (Å²) in [5.74, 6) is 0.602. The molecule has 0 spiro atoms. The van der Waals surface area contributed by atoms with Crippen molar-refractivity contribution in [2.75, 3.05) is 4.90 Å². The van der Waals surface area contributed by atoms with Gasteiger partial charge in [0.2, 0.25) is 5.89 Å². The molecule has 4 nitrogen and oxygen atoms in total. The van der Waals surface area contributed by atoms with Crippen molar-refractivity contribution in [1.29, 1.82) is 0 Å². The van der Waals surface area contributed by atoms with Crippen molar-refractivity contribution in [3.05, 3.63) is 182 Å². The lowest BCUT2D eigenvalue weighted by atomic mass is 10.0. The Hall–Kier alpha value is -6.95. The molecule has 11 rings (SSSR count). The molecule has 0 aliphatic rings. The third kappa shape index (κ3) is 5.09. The number of hydrogen-bond acceptors (Lipinski definition) is 5. The van der Waals surface area contributed by atoms with E-state index in [0.717, 1.165) is 66.8 Å². The molecule has 0 N–H and O–H groups in total. The van der Waals surface area contributed by atoms with Crippen molar-refractivity contribution < 1.29 is 8.83 Å². The van der Waals surface area contributed by atoms with Gasteiger partial charge in [-0.15, -0.1) is 11.3 Å². The second kappa shape index (κ2) is 12.3. The summed E-state index contributed by atoms with van der Waals surface area (Å²) in [5, 5.41) is 4.57. The smallest absolute Gasteiger partial charge is 0.227 e. The van der Waals surface area contributed by atoms with Gasteiger partial charge in [-0.25, -0.2) is 4.98 Å². The molecule has 3 aromatic heterocycles. The van der Waals surface area contributed by atoms with Gasteiger partial charge in [-0.1, -0.05) is 103 Å². The Balaban J connectivity index is 1.00. The highest BCUT2D eigenvalue weighted by atomic mass is 32.1. The first-order chi connectivity index (χ1) is 26.7. The third-order valence-electron chi connectivity index (χ3n) is 10.3. The molecule has 0 aliphatic carbocycles. The molecule has 0 amide bonds. The normalized spacial score (nSPS) is 11.7. The minimum absolute atomic E-state index is 0.602. The molecule has 254 valence electrons. The zero-order valence-corrected chi connectivity index (χ0v) is 29.8. The summed E-state index contributed by atoms with van der Waals surface area (Å²) in [5.41, 5.74) is 12.0. The summed E-state index contributed by atoms with van der Waals surface area (Å²) in [7, 11) is 0. The average molecular weight is 711 g/mol. The number of fused-ring (bicyclic) bond motifs is 8. The highest BCUT2D eigenvalue weighted by Gasteiger charge is 2.19. The average Bonchev–Trinajstić information content (AvgIpc) is 3.95. The van der Waals surface area contributed by atoms with Crippen LogP contribution >= 0.6 is 11.3 Å². The molecule has 0 aliphatic heterocycles. The topological polar surface area (TPSA) is 42.4 Å². The fraction of sp³-hybridized carbons (Fsp3) is 0. The molecule has 0 saturated carbocycles. The Bertz CT molecular complexity index is 3140. The van der Waals surface area contributed by atoms with Gasteiger partial charge in [0.05, 0.1) is 5.39 Å². The first-order valence-corrected chi connectivity index (χ1v) is 18.8. The predicted octanol–water partition coefficient (Wildman–Crippen LogP) is 14.6. The highest BCUT2D eigenvalue weighted by Crippen LogP contribution is 2.42. The zero-order valence-electron chi connectivity index (χ0n) is 28.9. The van der Waals surface area contributed by atoms with Gasteiger partial charge in [0.1, 0.15) is 16.7 Å². The molecule has 11 aromatic rings. The van der Waals surface area contributed by atoms with Crippen molar-refractivity contribution in [3.63, 3.8) is 0 Å². The van der Waals surface area contributed by atoms with Gasteiger partial charge in [-0.05, 0) is 101 Å². The molecule has 0 fully saturated rings. The van der Waals surface area contributed by atoms with E-state index in [4.69, 9.17) is 13.8 Å². The molecular weight excluding hydrogens is 681 g/mol. The molecule has 0 radical (unpaired) electrons. The van der Waals surface area contributed by atoms with Crippen molar-refractivity contribution in [2.24, 2.45) is 0 Å². The van der Waals surface area contributed by atoms with E-state index in [-0.39, 0.29) is 0 Å². The summed E-state index contributed by atoms with van der Waals surface area (Å²) >= 11 is 1.84. The van der Waals surface area contributed by atoms with Crippen molar-refractivity contribution >= 4 is 81.6 Å². The lowest BCUT2D eigenvalue weighted by Crippen LogP contribution is -2.09. The first-order valence-electron chi connectivity index (χ1n) is 18.0. The second-order valence-electron chi connectivity index (χ2n) is 13.6. The van der Waals surface area contributed by atoms with Crippen LogP contribution in [0.4, 0.5) is 17.1 Å². The number of anilines is 3. The number of nitrogens with zero attached hydrogens (tertiary/aromatic N) is 2. The highest BCUT2D eigenvalue weighted by molar-refractivity contribution is 7.25. The summed E-state index contributed by atoms with van der Waals surface area (Å²) < 4.78 is 15.1. The van der Waals surface area contributed by atoms with Gasteiger partial charge in [-0.3, -0.25) is 0 Å². The SMILES string of the molecule is c1ccc(-c2ccc(N(c3ccc(-c4ccc5oc6ccc7oc(-c8ccccc8)nc7c6c5c4)cc3)c3ccc4c(c3)sc3ccccc34)cc2)cc1. The summed E-state index contributed by atoms with van der Waals surface area (Å²) in [4.78, 5) is 7.29. The number of furan rings is 1. The van der Waals surface area contributed by atoms with Crippen LogP contribution in [0.5, 0.6) is 0 Å². The minimum atomic E-state index is 0.602. The van der Waals surface area contributed by atoms with Crippen LogP contribution in [0.25, 0.3) is 86.9 Å².